The van der Waals surface area contributed by atoms with Gasteiger partial charge in [0.05, 0.1) is 11.2 Å². The Labute approximate surface area is 151 Å². The zero-order chi connectivity index (χ0) is 19.6. The van der Waals surface area contributed by atoms with Crippen molar-refractivity contribution >= 4 is 28.6 Å². The Bertz CT molecular complexity index is 990. The van der Waals surface area contributed by atoms with Crippen LogP contribution in [0.1, 0.15) is 6.92 Å². The van der Waals surface area contributed by atoms with Crippen molar-refractivity contribution in [1.82, 2.24) is 15.0 Å². The Balaban J connectivity index is 1.98. The molecule has 2 aromatic heterocycles. The maximum absolute atomic E-state index is 12.5. The van der Waals surface area contributed by atoms with E-state index in [0.717, 1.165) is 0 Å². The fourth-order valence-electron chi connectivity index (χ4n) is 2.34. The average Bonchev–Trinajstić information content (AvgIpc) is 2.59. The molecule has 10 heteroatoms. The molecule has 2 heterocycles. The van der Waals surface area contributed by atoms with Crippen molar-refractivity contribution in [3.05, 3.63) is 36.4 Å². The van der Waals surface area contributed by atoms with Crippen molar-refractivity contribution in [3.8, 4) is 17.1 Å². The third-order valence-electron chi connectivity index (χ3n) is 3.40. The van der Waals surface area contributed by atoms with E-state index >= 15 is 0 Å². The summed E-state index contributed by atoms with van der Waals surface area (Å²) >= 11 is 0. The summed E-state index contributed by atoms with van der Waals surface area (Å²) in [5.74, 6) is -0.756. The molecule has 1 aromatic carbocycles. The highest BCUT2D eigenvalue weighted by Gasteiger charge is 2.29. The molecule has 0 spiro atoms. The van der Waals surface area contributed by atoms with E-state index in [1.165, 1.54) is 6.92 Å². The number of nitrogens with one attached hydrogen (secondary N) is 1. The first kappa shape index (κ1) is 18.4. The minimum Gasteiger partial charge on any atom is -0.466 e. The number of anilines is 2. The summed E-state index contributed by atoms with van der Waals surface area (Å²) in [5, 5.41) is 2.64. The van der Waals surface area contributed by atoms with Crippen LogP contribution in [0.4, 0.5) is 24.8 Å². The Morgan fingerprint density at radius 1 is 1.11 bits per heavy atom. The lowest BCUT2D eigenvalue weighted by Gasteiger charge is -2.11. The zero-order valence-electron chi connectivity index (χ0n) is 14.0. The largest absolute Gasteiger partial charge is 0.466 e. The number of hydrogen-bond donors (Lipinski definition) is 2. The fraction of sp³-hybridized carbons (Fsp3) is 0.176. The third-order valence-corrected chi connectivity index (χ3v) is 3.40. The average molecular weight is 377 g/mol. The number of pyridine rings is 1. The molecule has 0 bridgehead atoms. The molecule has 7 nitrogen and oxygen atoms in total. The van der Waals surface area contributed by atoms with Crippen LogP contribution in [0.3, 0.4) is 0 Å². The highest BCUT2D eigenvalue weighted by molar-refractivity contribution is 5.89. The van der Waals surface area contributed by atoms with Gasteiger partial charge in [-0.1, -0.05) is 12.1 Å². The molecule has 0 aliphatic heterocycles. The first-order valence-electron chi connectivity index (χ1n) is 7.73. The quantitative estimate of drug-likeness (QED) is 0.724. The van der Waals surface area contributed by atoms with E-state index in [4.69, 9.17) is 10.5 Å². The van der Waals surface area contributed by atoms with E-state index in [0.29, 0.717) is 16.9 Å². The number of carbonyl (C=O) groups is 1. The van der Waals surface area contributed by atoms with Gasteiger partial charge >= 0.3 is 6.18 Å². The number of nitrogen functional groups attached to an aromatic ring is 1. The second-order valence-electron chi connectivity index (χ2n) is 5.61. The normalized spacial score (nSPS) is 11.4. The van der Waals surface area contributed by atoms with Gasteiger partial charge in [-0.2, -0.15) is 18.2 Å². The lowest BCUT2D eigenvalue weighted by Crippen LogP contribution is -2.20. The maximum atomic E-state index is 12.5. The van der Waals surface area contributed by atoms with Crippen LogP contribution in [0.15, 0.2) is 36.4 Å². The smallest absolute Gasteiger partial charge is 0.422 e. The number of rotatable bonds is 4. The van der Waals surface area contributed by atoms with Crippen molar-refractivity contribution in [2.45, 2.75) is 13.1 Å². The van der Waals surface area contributed by atoms with Crippen molar-refractivity contribution in [2.75, 3.05) is 17.7 Å². The molecule has 3 rings (SSSR count). The highest BCUT2D eigenvalue weighted by atomic mass is 19.4. The van der Waals surface area contributed by atoms with Crippen LogP contribution in [0.2, 0.25) is 0 Å². The van der Waals surface area contributed by atoms with E-state index in [2.05, 4.69) is 20.3 Å². The summed E-state index contributed by atoms with van der Waals surface area (Å²) in [7, 11) is 0. The number of hydrogen-bond acceptors (Lipinski definition) is 6. The van der Waals surface area contributed by atoms with Gasteiger partial charge in [0.25, 0.3) is 0 Å². The summed E-state index contributed by atoms with van der Waals surface area (Å²) < 4.78 is 42.1. The van der Waals surface area contributed by atoms with Crippen LogP contribution in [0, 0.1) is 0 Å². The van der Waals surface area contributed by atoms with Gasteiger partial charge in [-0.15, -0.1) is 0 Å². The van der Waals surface area contributed by atoms with Crippen molar-refractivity contribution in [3.63, 3.8) is 0 Å². The Morgan fingerprint density at radius 2 is 1.81 bits per heavy atom. The van der Waals surface area contributed by atoms with E-state index in [1.807, 2.05) is 0 Å². The number of carbonyl (C=O) groups excluding carboxylic acids is 1. The number of ether oxygens (including phenoxy) is 1. The summed E-state index contributed by atoms with van der Waals surface area (Å²) in [6, 6.07) is 10.0. The molecule has 0 fully saturated rings. The number of fused-ring (bicyclic) bond motifs is 1. The van der Waals surface area contributed by atoms with Gasteiger partial charge in [0.1, 0.15) is 0 Å². The molecular formula is C17H14F3N5O2. The highest BCUT2D eigenvalue weighted by Crippen LogP contribution is 2.27. The molecule has 0 unspecified atom stereocenters. The standard InChI is InChI=1S/C17H14F3N5O2/c1-9(26)22-11-4-2-10(3-5-11)12-6-7-13-14(23-12)15(25-16(21)24-13)27-8-17(18,19)20/h2-7H,8H2,1H3,(H,22,26)(H2,21,24,25). The number of aromatic nitrogens is 3. The third kappa shape index (κ3) is 4.60. The molecular weight excluding hydrogens is 363 g/mol. The molecule has 3 N–H and O–H groups in total. The Morgan fingerprint density at radius 3 is 2.44 bits per heavy atom. The van der Waals surface area contributed by atoms with Gasteiger partial charge in [0.2, 0.25) is 17.7 Å². The van der Waals surface area contributed by atoms with Crippen LogP contribution < -0.4 is 15.8 Å². The Hall–Kier alpha value is -3.43. The van der Waals surface area contributed by atoms with Gasteiger partial charge in [-0.3, -0.25) is 4.79 Å². The Kier molecular flexibility index (Phi) is 4.80. The van der Waals surface area contributed by atoms with Gasteiger partial charge in [-0.25, -0.2) is 9.97 Å². The molecule has 0 saturated carbocycles. The minimum absolute atomic E-state index is 0.0666. The number of alkyl halides is 3. The minimum atomic E-state index is -4.52. The van der Waals surface area contributed by atoms with E-state index in [1.54, 1.807) is 36.4 Å². The van der Waals surface area contributed by atoms with Gasteiger partial charge < -0.3 is 15.8 Å². The van der Waals surface area contributed by atoms with Gasteiger partial charge in [0.15, 0.2) is 12.1 Å². The summed E-state index contributed by atoms with van der Waals surface area (Å²) in [6.45, 7) is -0.122. The zero-order valence-corrected chi connectivity index (χ0v) is 14.0. The topological polar surface area (TPSA) is 103 Å². The fourth-order valence-corrected chi connectivity index (χ4v) is 2.34. The number of halogens is 3. The number of nitrogens with two attached hydrogens (primary N) is 1. The van der Waals surface area contributed by atoms with E-state index in [-0.39, 0.29) is 28.8 Å². The molecule has 0 saturated heterocycles. The number of nitrogens with zero attached hydrogens (tertiary/aromatic N) is 3. The van der Waals surface area contributed by atoms with E-state index in [9.17, 15) is 18.0 Å². The molecule has 1 amide bonds. The SMILES string of the molecule is CC(=O)Nc1ccc(-c2ccc3nc(N)nc(OCC(F)(F)F)c3n2)cc1. The van der Waals surface area contributed by atoms with E-state index < -0.39 is 12.8 Å². The van der Waals surface area contributed by atoms with Gasteiger partial charge in [-0.05, 0) is 24.3 Å². The number of amides is 1. The predicted molar refractivity (Wildman–Crippen MR) is 93.0 cm³/mol. The molecule has 27 heavy (non-hydrogen) atoms. The second-order valence-corrected chi connectivity index (χ2v) is 5.61. The molecule has 3 aromatic rings. The van der Waals surface area contributed by atoms with Crippen molar-refractivity contribution in [2.24, 2.45) is 0 Å². The molecule has 0 atom stereocenters. The van der Waals surface area contributed by atoms with Crippen LogP contribution >= 0.6 is 0 Å². The summed E-state index contributed by atoms with van der Waals surface area (Å²) in [6.07, 6.45) is -4.52. The van der Waals surface area contributed by atoms with Crippen LogP contribution in [-0.4, -0.2) is 33.6 Å². The maximum Gasteiger partial charge on any atom is 0.422 e. The van der Waals surface area contributed by atoms with Gasteiger partial charge in [0, 0.05) is 18.2 Å². The molecule has 0 aliphatic carbocycles. The first-order valence-corrected chi connectivity index (χ1v) is 7.73. The number of benzene rings is 1. The monoisotopic (exact) mass is 377 g/mol. The summed E-state index contributed by atoms with van der Waals surface area (Å²) in [5.41, 5.74) is 7.62. The van der Waals surface area contributed by atoms with Crippen LogP contribution in [0.25, 0.3) is 22.3 Å². The van der Waals surface area contributed by atoms with Crippen LogP contribution in [0.5, 0.6) is 5.88 Å². The molecule has 0 radical (unpaired) electrons. The second kappa shape index (κ2) is 7.06. The summed E-state index contributed by atoms with van der Waals surface area (Å²) in [4.78, 5) is 23.1. The lowest BCUT2D eigenvalue weighted by atomic mass is 10.1. The molecule has 0 aliphatic rings. The van der Waals surface area contributed by atoms with Crippen LogP contribution in [-0.2, 0) is 4.79 Å². The molecule has 140 valence electrons. The van der Waals surface area contributed by atoms with Crippen molar-refractivity contribution in [1.29, 1.82) is 0 Å². The predicted octanol–water partition coefficient (Wildman–Crippen LogP) is 3.17. The van der Waals surface area contributed by atoms with Crippen molar-refractivity contribution < 1.29 is 22.7 Å². The lowest BCUT2D eigenvalue weighted by molar-refractivity contribution is -0.153. The first-order chi connectivity index (χ1) is 12.7.